The maximum absolute atomic E-state index is 12.8. The molecule has 0 aliphatic rings. The second kappa shape index (κ2) is 4.50. The Morgan fingerprint density at radius 2 is 1.59 bits per heavy atom. The lowest BCUT2D eigenvalue weighted by Gasteiger charge is -2.06. The second-order valence-electron chi connectivity index (χ2n) is 4.09. The topological polar surface area (TPSA) is 17.1 Å². The summed E-state index contributed by atoms with van der Waals surface area (Å²) in [5, 5.41) is 0. The molecular formula is C15H13FO. The average molecular weight is 228 g/mol. The van der Waals surface area contributed by atoms with Crippen molar-refractivity contribution < 1.29 is 9.18 Å². The van der Waals surface area contributed by atoms with Crippen LogP contribution in [-0.2, 0) is 0 Å². The largest absolute Gasteiger partial charge is 0.295 e. The smallest absolute Gasteiger partial charge is 0.160 e. The van der Waals surface area contributed by atoms with Crippen molar-refractivity contribution >= 4 is 5.78 Å². The zero-order valence-electron chi connectivity index (χ0n) is 9.83. The summed E-state index contributed by atoms with van der Waals surface area (Å²) in [4.78, 5) is 11.3. The van der Waals surface area contributed by atoms with Crippen LogP contribution in [0.25, 0.3) is 11.1 Å². The maximum atomic E-state index is 12.8. The SMILES string of the molecule is CC(=O)c1ccc(-c2ccc(F)cc2)cc1C. The van der Waals surface area contributed by atoms with Gasteiger partial charge in [-0.1, -0.05) is 30.3 Å². The minimum Gasteiger partial charge on any atom is -0.295 e. The third kappa shape index (κ3) is 2.41. The van der Waals surface area contributed by atoms with Gasteiger partial charge in [-0.15, -0.1) is 0 Å². The predicted octanol–water partition coefficient (Wildman–Crippen LogP) is 4.00. The van der Waals surface area contributed by atoms with Gasteiger partial charge in [-0.2, -0.15) is 0 Å². The summed E-state index contributed by atoms with van der Waals surface area (Å²) in [6, 6.07) is 12.0. The number of carbonyl (C=O) groups is 1. The van der Waals surface area contributed by atoms with Gasteiger partial charge in [0.05, 0.1) is 0 Å². The van der Waals surface area contributed by atoms with Crippen LogP contribution in [0, 0.1) is 12.7 Å². The molecule has 0 aromatic heterocycles. The highest BCUT2D eigenvalue weighted by atomic mass is 19.1. The lowest BCUT2D eigenvalue weighted by molar-refractivity contribution is 0.101. The third-order valence-corrected chi connectivity index (χ3v) is 2.78. The quantitative estimate of drug-likeness (QED) is 0.710. The zero-order chi connectivity index (χ0) is 12.4. The molecule has 0 atom stereocenters. The number of rotatable bonds is 2. The number of ketones is 1. The normalized spacial score (nSPS) is 10.3. The number of benzene rings is 2. The number of halogens is 1. The van der Waals surface area contributed by atoms with Crippen LogP contribution in [0.1, 0.15) is 22.8 Å². The molecule has 0 spiro atoms. The molecule has 0 aliphatic heterocycles. The molecule has 17 heavy (non-hydrogen) atoms. The summed E-state index contributed by atoms with van der Waals surface area (Å²) >= 11 is 0. The van der Waals surface area contributed by atoms with Crippen molar-refractivity contribution in [2.75, 3.05) is 0 Å². The van der Waals surface area contributed by atoms with E-state index in [4.69, 9.17) is 0 Å². The Bertz CT molecular complexity index is 556. The monoisotopic (exact) mass is 228 g/mol. The van der Waals surface area contributed by atoms with Crippen molar-refractivity contribution in [2.45, 2.75) is 13.8 Å². The molecule has 2 aromatic carbocycles. The molecule has 2 rings (SSSR count). The van der Waals surface area contributed by atoms with Gasteiger partial charge < -0.3 is 0 Å². The first kappa shape index (κ1) is 11.5. The van der Waals surface area contributed by atoms with Crippen LogP contribution in [0.2, 0.25) is 0 Å². The van der Waals surface area contributed by atoms with Crippen molar-refractivity contribution in [3.63, 3.8) is 0 Å². The Kier molecular flexibility index (Phi) is 3.05. The first-order valence-electron chi connectivity index (χ1n) is 5.45. The van der Waals surface area contributed by atoms with Gasteiger partial charge in [-0.05, 0) is 42.7 Å². The molecule has 0 heterocycles. The van der Waals surface area contributed by atoms with E-state index in [-0.39, 0.29) is 11.6 Å². The van der Waals surface area contributed by atoms with E-state index in [1.165, 1.54) is 12.1 Å². The van der Waals surface area contributed by atoms with Crippen molar-refractivity contribution in [1.29, 1.82) is 0 Å². The van der Waals surface area contributed by atoms with E-state index in [1.54, 1.807) is 19.1 Å². The van der Waals surface area contributed by atoms with Gasteiger partial charge in [0.25, 0.3) is 0 Å². The highest BCUT2D eigenvalue weighted by molar-refractivity contribution is 5.96. The zero-order valence-corrected chi connectivity index (χ0v) is 9.83. The van der Waals surface area contributed by atoms with E-state index >= 15 is 0 Å². The summed E-state index contributed by atoms with van der Waals surface area (Å²) in [7, 11) is 0. The van der Waals surface area contributed by atoms with Gasteiger partial charge in [0.15, 0.2) is 5.78 Å². The molecule has 0 saturated carbocycles. The van der Waals surface area contributed by atoms with Crippen molar-refractivity contribution in [3.8, 4) is 11.1 Å². The van der Waals surface area contributed by atoms with Crippen LogP contribution in [0.4, 0.5) is 4.39 Å². The average Bonchev–Trinajstić information content (AvgIpc) is 2.29. The maximum Gasteiger partial charge on any atom is 0.160 e. The lowest BCUT2D eigenvalue weighted by atomic mass is 9.98. The van der Waals surface area contributed by atoms with E-state index in [0.717, 1.165) is 22.3 Å². The first-order chi connectivity index (χ1) is 8.08. The van der Waals surface area contributed by atoms with E-state index in [0.29, 0.717) is 0 Å². The summed E-state index contributed by atoms with van der Waals surface area (Å²) < 4.78 is 12.8. The molecule has 0 bridgehead atoms. The van der Waals surface area contributed by atoms with Crippen molar-refractivity contribution in [1.82, 2.24) is 0 Å². The van der Waals surface area contributed by atoms with Gasteiger partial charge in [-0.3, -0.25) is 4.79 Å². The van der Waals surface area contributed by atoms with Gasteiger partial charge in [0, 0.05) is 5.56 Å². The fraction of sp³-hybridized carbons (Fsp3) is 0.133. The highest BCUT2D eigenvalue weighted by Crippen LogP contribution is 2.22. The minimum absolute atomic E-state index is 0.0631. The molecule has 2 aromatic rings. The number of Topliss-reactive ketones (excluding diaryl/α,β-unsaturated/α-hetero) is 1. The molecule has 0 amide bonds. The summed E-state index contributed by atoms with van der Waals surface area (Å²) in [6.07, 6.45) is 0. The molecule has 0 unspecified atom stereocenters. The van der Waals surface area contributed by atoms with E-state index < -0.39 is 0 Å². The van der Waals surface area contributed by atoms with Gasteiger partial charge >= 0.3 is 0 Å². The highest BCUT2D eigenvalue weighted by Gasteiger charge is 2.05. The van der Waals surface area contributed by atoms with Crippen LogP contribution in [0.3, 0.4) is 0 Å². The molecule has 0 aliphatic carbocycles. The van der Waals surface area contributed by atoms with Crippen LogP contribution in [0.5, 0.6) is 0 Å². The van der Waals surface area contributed by atoms with Gasteiger partial charge in [0.1, 0.15) is 5.82 Å². The fourth-order valence-electron chi connectivity index (χ4n) is 1.88. The summed E-state index contributed by atoms with van der Waals surface area (Å²) in [5.41, 5.74) is 3.62. The Hall–Kier alpha value is -1.96. The molecule has 1 nitrogen and oxygen atoms in total. The second-order valence-corrected chi connectivity index (χ2v) is 4.09. The number of carbonyl (C=O) groups excluding carboxylic acids is 1. The van der Waals surface area contributed by atoms with E-state index in [1.807, 2.05) is 25.1 Å². The predicted molar refractivity (Wildman–Crippen MR) is 66.6 cm³/mol. The Morgan fingerprint density at radius 1 is 1.00 bits per heavy atom. The molecule has 0 fully saturated rings. The molecule has 2 heteroatoms. The lowest BCUT2D eigenvalue weighted by Crippen LogP contribution is -1.95. The Morgan fingerprint density at radius 3 is 2.12 bits per heavy atom. The van der Waals surface area contributed by atoms with Crippen molar-refractivity contribution in [3.05, 3.63) is 59.4 Å². The minimum atomic E-state index is -0.245. The first-order valence-corrected chi connectivity index (χ1v) is 5.45. The number of hydrogen-bond acceptors (Lipinski definition) is 1. The Labute approximate surface area is 99.9 Å². The van der Waals surface area contributed by atoms with Gasteiger partial charge in [0.2, 0.25) is 0 Å². The van der Waals surface area contributed by atoms with Crippen molar-refractivity contribution in [2.24, 2.45) is 0 Å². The van der Waals surface area contributed by atoms with Crippen LogP contribution in [-0.4, -0.2) is 5.78 Å². The molecule has 0 saturated heterocycles. The van der Waals surface area contributed by atoms with Crippen LogP contribution in [0.15, 0.2) is 42.5 Å². The molecule has 86 valence electrons. The van der Waals surface area contributed by atoms with Gasteiger partial charge in [-0.25, -0.2) is 4.39 Å². The van der Waals surface area contributed by atoms with E-state index in [2.05, 4.69) is 0 Å². The summed E-state index contributed by atoms with van der Waals surface area (Å²) in [5.74, 6) is -0.181. The van der Waals surface area contributed by atoms with Crippen LogP contribution >= 0.6 is 0 Å². The molecular weight excluding hydrogens is 215 g/mol. The molecule has 0 N–H and O–H groups in total. The van der Waals surface area contributed by atoms with E-state index in [9.17, 15) is 9.18 Å². The van der Waals surface area contributed by atoms with Crippen LogP contribution < -0.4 is 0 Å². The fourth-order valence-corrected chi connectivity index (χ4v) is 1.88. The number of hydrogen-bond donors (Lipinski definition) is 0. The summed E-state index contributed by atoms with van der Waals surface area (Å²) in [6.45, 7) is 3.46. The standard InChI is InChI=1S/C15H13FO/c1-10-9-13(5-8-15(10)11(2)17)12-3-6-14(16)7-4-12/h3-9H,1-2H3. The third-order valence-electron chi connectivity index (χ3n) is 2.78. The Balaban J connectivity index is 2.44. The number of aryl methyl sites for hydroxylation is 1. The molecule has 0 radical (unpaired) electrons.